The molecule has 0 aliphatic carbocycles. The van der Waals surface area contributed by atoms with E-state index in [4.69, 9.17) is 9.47 Å². The number of piperidine rings is 1. The molecule has 2 unspecified atom stereocenters. The molecular formula is C26H36N4O6. The lowest BCUT2D eigenvalue weighted by molar-refractivity contribution is -0.146. The Morgan fingerprint density at radius 1 is 1.14 bits per heavy atom. The van der Waals surface area contributed by atoms with Crippen molar-refractivity contribution in [3.63, 3.8) is 0 Å². The van der Waals surface area contributed by atoms with Crippen molar-refractivity contribution in [3.05, 3.63) is 30.0 Å². The van der Waals surface area contributed by atoms with E-state index in [9.17, 15) is 19.2 Å². The number of hydrogen-bond donors (Lipinski definition) is 4. The van der Waals surface area contributed by atoms with Crippen LogP contribution >= 0.6 is 0 Å². The smallest absolute Gasteiger partial charge is 0.328 e. The molecule has 0 bridgehead atoms. The molecule has 196 valence electrons. The molecule has 0 saturated carbocycles. The molecule has 2 heterocycles. The fraction of sp³-hybridized carbons (Fsp3) is 0.538. The van der Waals surface area contributed by atoms with Crippen LogP contribution in [0.1, 0.15) is 56.9 Å². The van der Waals surface area contributed by atoms with Crippen LogP contribution < -0.4 is 20.7 Å². The number of ether oxygens (including phenoxy) is 2. The molecular weight excluding hydrogens is 464 g/mol. The summed E-state index contributed by atoms with van der Waals surface area (Å²) in [5.74, 6) is -1.53. The van der Waals surface area contributed by atoms with Gasteiger partial charge in [-0.05, 0) is 49.3 Å². The minimum Gasteiger partial charge on any atom is -0.496 e. The first kappa shape index (κ1) is 27.0. The van der Waals surface area contributed by atoms with Gasteiger partial charge >= 0.3 is 5.97 Å². The van der Waals surface area contributed by atoms with Crippen LogP contribution in [0.2, 0.25) is 0 Å². The quantitative estimate of drug-likeness (QED) is 0.390. The summed E-state index contributed by atoms with van der Waals surface area (Å²) >= 11 is 0. The molecule has 1 aliphatic heterocycles. The average molecular weight is 501 g/mol. The van der Waals surface area contributed by atoms with Crippen LogP contribution in [0, 0.1) is 11.3 Å². The molecule has 3 atom stereocenters. The van der Waals surface area contributed by atoms with Crippen LogP contribution in [-0.4, -0.2) is 61.5 Å². The standard InChI is InChI=1S/C26H36N4O6/c1-26(2,3)14-20(30-23(32)18-13-16-17(28-18)9-6-10-21(16)35-4)24(33)29-19(25(34)36-5)12-15-8-7-11-27-22(15)31/h6,9-10,13,15,19-20,28H,7-8,11-12,14H2,1-5H3,(H,27,31)(H,29,33)(H,30,32)/t15-,19?,20?/m0/s1. The molecule has 1 saturated heterocycles. The molecule has 0 spiro atoms. The van der Waals surface area contributed by atoms with Gasteiger partial charge in [0, 0.05) is 23.4 Å². The predicted molar refractivity (Wildman–Crippen MR) is 134 cm³/mol. The highest BCUT2D eigenvalue weighted by Gasteiger charge is 2.34. The van der Waals surface area contributed by atoms with Crippen molar-refractivity contribution in [3.8, 4) is 5.75 Å². The molecule has 36 heavy (non-hydrogen) atoms. The zero-order valence-corrected chi connectivity index (χ0v) is 21.5. The van der Waals surface area contributed by atoms with Gasteiger partial charge in [0.2, 0.25) is 11.8 Å². The van der Waals surface area contributed by atoms with E-state index in [2.05, 4.69) is 20.9 Å². The Balaban J connectivity index is 1.79. The number of methoxy groups -OCH3 is 2. The lowest BCUT2D eigenvalue weighted by Crippen LogP contribution is -2.54. The molecule has 1 aliphatic rings. The van der Waals surface area contributed by atoms with Crippen LogP contribution in [-0.2, 0) is 19.1 Å². The third-order valence-corrected chi connectivity index (χ3v) is 6.25. The summed E-state index contributed by atoms with van der Waals surface area (Å²) in [7, 11) is 2.79. The van der Waals surface area contributed by atoms with Gasteiger partial charge in [-0.25, -0.2) is 4.79 Å². The van der Waals surface area contributed by atoms with Crippen molar-refractivity contribution in [2.24, 2.45) is 11.3 Å². The van der Waals surface area contributed by atoms with Crippen molar-refractivity contribution in [1.29, 1.82) is 0 Å². The summed E-state index contributed by atoms with van der Waals surface area (Å²) in [6.45, 7) is 6.47. The number of carbonyl (C=O) groups is 4. The van der Waals surface area contributed by atoms with Crippen molar-refractivity contribution >= 4 is 34.6 Å². The average Bonchev–Trinajstić information content (AvgIpc) is 3.28. The molecule has 1 aromatic carbocycles. The highest BCUT2D eigenvalue weighted by Crippen LogP contribution is 2.27. The summed E-state index contributed by atoms with van der Waals surface area (Å²) in [6.07, 6.45) is 1.88. The van der Waals surface area contributed by atoms with Crippen LogP contribution in [0.15, 0.2) is 24.3 Å². The maximum absolute atomic E-state index is 13.3. The van der Waals surface area contributed by atoms with Gasteiger partial charge in [0.25, 0.3) is 5.91 Å². The number of hydrogen-bond acceptors (Lipinski definition) is 6. The third kappa shape index (κ3) is 6.77. The highest BCUT2D eigenvalue weighted by molar-refractivity contribution is 6.01. The van der Waals surface area contributed by atoms with E-state index in [1.54, 1.807) is 19.2 Å². The lowest BCUT2D eigenvalue weighted by Gasteiger charge is -2.29. The molecule has 2 aromatic rings. The Morgan fingerprint density at radius 3 is 2.53 bits per heavy atom. The van der Waals surface area contributed by atoms with Gasteiger partial charge in [0.15, 0.2) is 0 Å². The third-order valence-electron chi connectivity index (χ3n) is 6.25. The largest absolute Gasteiger partial charge is 0.496 e. The molecule has 4 N–H and O–H groups in total. The van der Waals surface area contributed by atoms with Crippen molar-refractivity contribution in [2.45, 2.75) is 58.5 Å². The Morgan fingerprint density at radius 2 is 1.89 bits per heavy atom. The zero-order valence-electron chi connectivity index (χ0n) is 21.5. The number of benzene rings is 1. The minimum absolute atomic E-state index is 0.127. The fourth-order valence-electron chi connectivity index (χ4n) is 4.46. The fourth-order valence-corrected chi connectivity index (χ4v) is 4.46. The first-order chi connectivity index (χ1) is 17.0. The first-order valence-electron chi connectivity index (χ1n) is 12.1. The van der Waals surface area contributed by atoms with Crippen LogP contribution in [0.4, 0.5) is 0 Å². The van der Waals surface area contributed by atoms with Gasteiger partial charge in [-0.2, -0.15) is 0 Å². The molecule has 3 rings (SSSR count). The number of esters is 1. The molecule has 3 amide bonds. The summed E-state index contributed by atoms with van der Waals surface area (Å²) in [6, 6.07) is 5.19. The van der Waals surface area contributed by atoms with Gasteiger partial charge < -0.3 is 30.4 Å². The summed E-state index contributed by atoms with van der Waals surface area (Å²) in [4.78, 5) is 54.2. The predicted octanol–water partition coefficient (Wildman–Crippen LogP) is 2.29. The van der Waals surface area contributed by atoms with E-state index in [1.165, 1.54) is 7.11 Å². The lowest BCUT2D eigenvalue weighted by atomic mass is 9.87. The zero-order chi connectivity index (χ0) is 26.5. The Bertz CT molecular complexity index is 1120. The maximum atomic E-state index is 13.3. The maximum Gasteiger partial charge on any atom is 0.328 e. The second kappa shape index (κ2) is 11.5. The number of aromatic amines is 1. The second-order valence-corrected chi connectivity index (χ2v) is 10.3. The molecule has 1 fully saturated rings. The van der Waals surface area contributed by atoms with Gasteiger partial charge in [-0.3, -0.25) is 14.4 Å². The molecule has 1 aromatic heterocycles. The van der Waals surface area contributed by atoms with Gasteiger partial charge in [-0.15, -0.1) is 0 Å². The number of fused-ring (bicyclic) bond motifs is 1. The number of nitrogens with one attached hydrogen (secondary N) is 4. The van der Waals surface area contributed by atoms with Crippen LogP contribution in [0.25, 0.3) is 10.9 Å². The number of carbonyl (C=O) groups excluding carboxylic acids is 4. The van der Waals surface area contributed by atoms with E-state index < -0.39 is 35.8 Å². The molecule has 0 radical (unpaired) electrons. The topological polar surface area (TPSA) is 139 Å². The first-order valence-corrected chi connectivity index (χ1v) is 12.1. The highest BCUT2D eigenvalue weighted by atomic mass is 16.5. The van der Waals surface area contributed by atoms with Crippen LogP contribution in [0.3, 0.4) is 0 Å². The number of rotatable bonds is 9. The Labute approximate surface area is 210 Å². The van der Waals surface area contributed by atoms with E-state index in [0.717, 1.165) is 17.3 Å². The van der Waals surface area contributed by atoms with E-state index in [1.807, 2.05) is 32.9 Å². The molecule has 10 nitrogen and oxygen atoms in total. The monoisotopic (exact) mass is 500 g/mol. The van der Waals surface area contributed by atoms with Crippen molar-refractivity contribution in [1.82, 2.24) is 20.9 Å². The van der Waals surface area contributed by atoms with Gasteiger partial charge in [0.05, 0.1) is 14.2 Å². The van der Waals surface area contributed by atoms with Gasteiger partial charge in [-0.1, -0.05) is 26.8 Å². The number of amides is 3. The van der Waals surface area contributed by atoms with E-state index in [-0.39, 0.29) is 23.4 Å². The summed E-state index contributed by atoms with van der Waals surface area (Å²) in [5.41, 5.74) is 0.709. The summed E-state index contributed by atoms with van der Waals surface area (Å²) < 4.78 is 10.3. The minimum atomic E-state index is -1.01. The molecule has 10 heteroatoms. The number of H-pyrrole nitrogens is 1. The summed E-state index contributed by atoms with van der Waals surface area (Å²) in [5, 5.41) is 9.07. The second-order valence-electron chi connectivity index (χ2n) is 10.3. The van der Waals surface area contributed by atoms with E-state index >= 15 is 0 Å². The SMILES string of the molecule is COC(=O)C(C[C@@H]1CCCNC1=O)NC(=O)C(CC(C)(C)C)NC(=O)c1cc2c(OC)cccc2[nH]1. The number of aromatic nitrogens is 1. The van der Waals surface area contributed by atoms with Gasteiger partial charge in [0.1, 0.15) is 23.5 Å². The Kier molecular flexibility index (Phi) is 8.60. The van der Waals surface area contributed by atoms with E-state index in [0.29, 0.717) is 25.1 Å². The normalized spacial score (nSPS) is 17.6. The van der Waals surface area contributed by atoms with Crippen molar-refractivity contribution < 1.29 is 28.7 Å². The van der Waals surface area contributed by atoms with Crippen molar-refractivity contribution in [2.75, 3.05) is 20.8 Å². The Hall–Kier alpha value is -3.56. The van der Waals surface area contributed by atoms with Crippen LogP contribution in [0.5, 0.6) is 5.75 Å².